The summed E-state index contributed by atoms with van der Waals surface area (Å²) in [6, 6.07) is 4.04. The number of carbonyl (C=O) groups is 2. The van der Waals surface area contributed by atoms with Gasteiger partial charge in [-0.15, -0.1) is 0 Å². The van der Waals surface area contributed by atoms with Crippen LogP contribution in [0.4, 0.5) is 5.69 Å². The molecule has 2 aromatic heterocycles. The van der Waals surface area contributed by atoms with Gasteiger partial charge in [-0.05, 0) is 59.4 Å². The van der Waals surface area contributed by atoms with Gasteiger partial charge in [-0.1, -0.05) is 24.4 Å². The molecule has 0 bridgehead atoms. The Morgan fingerprint density at radius 1 is 1.00 bits per heavy atom. The zero-order valence-corrected chi connectivity index (χ0v) is 32.7. The highest BCUT2D eigenvalue weighted by atomic mass is 35.5. The van der Waals surface area contributed by atoms with E-state index >= 15 is 0 Å². The van der Waals surface area contributed by atoms with E-state index in [1.807, 2.05) is 0 Å². The number of esters is 2. The SMILES string of the molecule is CC1(C)COCCCCOCC(C)(C)C(=O)OCO[P](O)(COC[C@H]2O[C@@H](n3ccc4c(NC5CCCC5)c(C#N)c(Cl)nc43)[C@H](O)[C@@H]2O)OCOC1=O. The topological polar surface area (TPSA) is 222 Å². The van der Waals surface area contributed by atoms with Crippen LogP contribution in [-0.4, -0.2) is 114 Å². The van der Waals surface area contributed by atoms with E-state index in [1.54, 1.807) is 40.0 Å². The second kappa shape index (κ2) is 18.5. The van der Waals surface area contributed by atoms with Gasteiger partial charge in [-0.2, -0.15) is 5.26 Å². The van der Waals surface area contributed by atoms with Crippen molar-refractivity contribution in [1.29, 1.82) is 5.26 Å². The van der Waals surface area contributed by atoms with Gasteiger partial charge in [0.25, 0.3) is 7.94 Å². The first-order chi connectivity index (χ1) is 25.7. The van der Waals surface area contributed by atoms with E-state index in [0.717, 1.165) is 25.7 Å². The highest BCUT2D eigenvalue weighted by molar-refractivity contribution is 7.60. The number of halogens is 1. The van der Waals surface area contributed by atoms with Gasteiger partial charge in [-0.25, -0.2) is 4.98 Å². The molecule has 0 unspecified atom stereocenters. The Kier molecular flexibility index (Phi) is 14.5. The van der Waals surface area contributed by atoms with Gasteiger partial charge in [0, 0.05) is 30.8 Å². The van der Waals surface area contributed by atoms with E-state index in [2.05, 4.69) is 16.4 Å². The van der Waals surface area contributed by atoms with Crippen LogP contribution < -0.4 is 5.32 Å². The van der Waals surface area contributed by atoms with Crippen LogP contribution in [-0.2, 0) is 47.1 Å². The first-order valence-electron chi connectivity index (χ1n) is 18.0. The lowest BCUT2D eigenvalue weighted by Crippen LogP contribution is -2.34. The molecule has 1 saturated carbocycles. The van der Waals surface area contributed by atoms with Gasteiger partial charge in [0.05, 0.1) is 36.3 Å². The molecule has 17 nitrogen and oxygen atoms in total. The van der Waals surface area contributed by atoms with E-state index in [0.29, 0.717) is 42.8 Å². The Labute approximate surface area is 319 Å². The average Bonchev–Trinajstić information content (AvgIpc) is 3.85. The number of rotatable bonds is 7. The third-order valence-electron chi connectivity index (χ3n) is 9.53. The van der Waals surface area contributed by atoms with E-state index in [9.17, 15) is 30.0 Å². The summed E-state index contributed by atoms with van der Waals surface area (Å²) in [5, 5.41) is 35.9. The summed E-state index contributed by atoms with van der Waals surface area (Å²) in [7, 11) is -4.04. The first kappa shape index (κ1) is 42.4. The summed E-state index contributed by atoms with van der Waals surface area (Å²) in [6.45, 7) is 5.77. The standard InChI is InChI=1S/C35H51ClN4O13P/c1-34(2)17-46-13-7-8-14-47-18-35(3,4)33(44)50-20-52-54(45,51-19-49-32(34)43)21-48-16-25-27(41)28(42)31(53-25)40-12-11-23-26(38-22-9-5-6-10-22)24(15-37)29(36)39-30(23)40/h11-12,22,25,27-28,31,41-42,45H,5-10,13-14,16-21H2,1-4H3,(H,38,39)/t25-,27-,28-,31-/m1/s1. The van der Waals surface area contributed by atoms with Gasteiger partial charge in [-0.3, -0.25) is 18.6 Å². The minimum atomic E-state index is -4.04. The number of cyclic esters (lactones) is 2. The fourth-order valence-corrected chi connectivity index (χ4v) is 7.47. The molecule has 4 atom stereocenters. The number of aliphatic hydroxyl groups excluding tert-OH is 2. The van der Waals surface area contributed by atoms with E-state index in [4.69, 9.17) is 49.1 Å². The molecule has 1 radical (unpaired) electrons. The minimum absolute atomic E-state index is 0.0172. The van der Waals surface area contributed by atoms with Crippen molar-refractivity contribution in [3.05, 3.63) is 23.0 Å². The van der Waals surface area contributed by atoms with Crippen LogP contribution >= 0.6 is 19.5 Å². The maximum Gasteiger partial charge on any atom is 0.315 e. The van der Waals surface area contributed by atoms with Crippen LogP contribution in [0.5, 0.6) is 0 Å². The van der Waals surface area contributed by atoms with Crippen molar-refractivity contribution < 1.29 is 62.2 Å². The summed E-state index contributed by atoms with van der Waals surface area (Å²) >= 11 is 6.46. The van der Waals surface area contributed by atoms with Gasteiger partial charge in [0.2, 0.25) is 0 Å². The zero-order valence-electron chi connectivity index (χ0n) is 31.0. The second-order valence-electron chi connectivity index (χ2n) is 15.0. The Morgan fingerprint density at radius 2 is 1.59 bits per heavy atom. The van der Waals surface area contributed by atoms with Gasteiger partial charge in [0.1, 0.15) is 41.9 Å². The molecule has 3 fully saturated rings. The van der Waals surface area contributed by atoms with Crippen LogP contribution in [0.3, 0.4) is 0 Å². The molecular formula is C35H51ClN4O13P. The Hall–Kier alpha value is -2.72. The molecule has 1 aliphatic carbocycles. The lowest BCUT2D eigenvalue weighted by molar-refractivity contribution is -0.167. The van der Waals surface area contributed by atoms with E-state index in [1.165, 1.54) is 4.57 Å². The maximum atomic E-state index is 12.8. The lowest BCUT2D eigenvalue weighted by atomic mass is 9.95. The van der Waals surface area contributed by atoms with Crippen LogP contribution in [0.2, 0.25) is 5.15 Å². The molecule has 301 valence electrons. The number of aromatic nitrogens is 2. The predicted octanol–water partition coefficient (Wildman–Crippen LogP) is 4.18. The number of nitriles is 1. The highest BCUT2D eigenvalue weighted by Crippen LogP contribution is 2.57. The number of hydrogen-bond acceptors (Lipinski definition) is 16. The third-order valence-corrected chi connectivity index (χ3v) is 11.3. The van der Waals surface area contributed by atoms with Crippen molar-refractivity contribution in [3.63, 3.8) is 0 Å². The molecule has 3 aliphatic rings. The number of carbonyl (C=O) groups excluding carboxylic acids is 2. The fourth-order valence-electron chi connectivity index (χ4n) is 6.26. The van der Waals surface area contributed by atoms with Crippen molar-refractivity contribution in [2.75, 3.05) is 58.3 Å². The summed E-state index contributed by atoms with van der Waals surface area (Å²) in [4.78, 5) is 41.4. The number of nitrogens with zero attached hydrogens (tertiary/aromatic N) is 3. The Balaban J connectivity index is 1.25. The van der Waals surface area contributed by atoms with Crippen LogP contribution in [0.25, 0.3) is 11.0 Å². The highest BCUT2D eigenvalue weighted by Gasteiger charge is 2.45. The van der Waals surface area contributed by atoms with Crippen LogP contribution in [0.15, 0.2) is 12.3 Å². The van der Waals surface area contributed by atoms with Crippen LogP contribution in [0, 0.1) is 22.2 Å². The number of anilines is 1. The Morgan fingerprint density at radius 3 is 2.17 bits per heavy atom. The third kappa shape index (κ3) is 10.4. The van der Waals surface area contributed by atoms with E-state index < -0.39 is 75.2 Å². The number of aliphatic hydroxyl groups is 2. The molecule has 0 aromatic carbocycles. The smallest absolute Gasteiger partial charge is 0.315 e. The molecule has 4 heterocycles. The molecule has 5 rings (SSSR count). The zero-order chi connectivity index (χ0) is 39.1. The molecule has 2 saturated heterocycles. The molecule has 4 N–H and O–H groups in total. The van der Waals surface area contributed by atoms with Crippen molar-refractivity contribution in [2.45, 2.75) is 96.8 Å². The first-order valence-corrected chi connectivity index (χ1v) is 20.2. The number of fused-ring (bicyclic) bond motifs is 1. The minimum Gasteiger partial charge on any atom is -0.438 e. The number of pyridine rings is 1. The van der Waals surface area contributed by atoms with Crippen molar-refractivity contribution in [1.82, 2.24) is 9.55 Å². The molecule has 2 aromatic rings. The normalized spacial score (nSPS) is 27.7. The quantitative estimate of drug-likeness (QED) is 0.175. The lowest BCUT2D eigenvalue weighted by Gasteiger charge is -2.30. The van der Waals surface area contributed by atoms with Crippen molar-refractivity contribution in [3.8, 4) is 6.07 Å². The molecular weight excluding hydrogens is 751 g/mol. The van der Waals surface area contributed by atoms with Gasteiger partial charge < -0.3 is 53.4 Å². The largest absolute Gasteiger partial charge is 0.438 e. The Bertz CT molecular complexity index is 1610. The molecule has 19 heteroatoms. The van der Waals surface area contributed by atoms with Gasteiger partial charge >= 0.3 is 11.9 Å². The van der Waals surface area contributed by atoms with Crippen molar-refractivity contribution >= 4 is 48.2 Å². The molecule has 2 aliphatic heterocycles. The van der Waals surface area contributed by atoms with Crippen LogP contribution in [0.1, 0.15) is 78.0 Å². The van der Waals surface area contributed by atoms with Crippen molar-refractivity contribution in [2.24, 2.45) is 10.8 Å². The summed E-state index contributed by atoms with van der Waals surface area (Å²) in [5.41, 5.74) is -0.961. The second-order valence-corrected chi connectivity index (χ2v) is 17.4. The molecule has 0 spiro atoms. The molecule has 54 heavy (non-hydrogen) atoms. The van der Waals surface area contributed by atoms with E-state index in [-0.39, 0.29) is 36.6 Å². The molecule has 0 amide bonds. The number of nitrogens with one attached hydrogen (secondary N) is 1. The number of hydrogen-bond donors (Lipinski definition) is 4. The predicted molar refractivity (Wildman–Crippen MR) is 194 cm³/mol. The summed E-state index contributed by atoms with van der Waals surface area (Å²) in [6.07, 6.45) is 1.36. The number of ether oxygens (including phenoxy) is 6. The average molecular weight is 802 g/mol. The maximum absolute atomic E-state index is 12.8. The fraction of sp³-hybridized carbons (Fsp3) is 0.714. The summed E-state index contributed by atoms with van der Waals surface area (Å²) < 4.78 is 46.1. The monoisotopic (exact) mass is 801 g/mol. The van der Waals surface area contributed by atoms with Gasteiger partial charge in [0.15, 0.2) is 25.0 Å². The summed E-state index contributed by atoms with van der Waals surface area (Å²) in [5.74, 6) is -1.30.